The van der Waals surface area contributed by atoms with Crippen LogP contribution in [0.25, 0.3) is 0 Å². The minimum absolute atomic E-state index is 0.0672. The van der Waals surface area contributed by atoms with Crippen molar-refractivity contribution in [3.8, 4) is 0 Å². The number of pyridine rings is 1. The highest BCUT2D eigenvalue weighted by atomic mass is 16.4. The van der Waals surface area contributed by atoms with Gasteiger partial charge in [0.25, 0.3) is 0 Å². The third-order valence-electron chi connectivity index (χ3n) is 4.35. The lowest BCUT2D eigenvalue weighted by Crippen LogP contribution is -2.39. The maximum Gasteiger partial charge on any atom is 0.310 e. The Morgan fingerprint density at radius 1 is 1.29 bits per heavy atom. The molecule has 1 atom stereocenters. The molecule has 0 unspecified atom stereocenters. The number of aromatic nitrogens is 1. The van der Waals surface area contributed by atoms with Crippen LogP contribution in [-0.4, -0.2) is 22.0 Å². The number of carbonyl (C=O) groups excluding carboxylic acids is 1. The monoisotopic (exact) mass is 290 g/mol. The molecule has 1 aromatic rings. The number of nitrogens with zero attached hydrogens (tertiary/aromatic N) is 1. The van der Waals surface area contributed by atoms with Crippen molar-refractivity contribution in [2.75, 3.05) is 0 Å². The van der Waals surface area contributed by atoms with Gasteiger partial charge in [0.1, 0.15) is 0 Å². The summed E-state index contributed by atoms with van der Waals surface area (Å²) in [5, 5.41) is 12.4. The Balaban J connectivity index is 1.98. The Morgan fingerprint density at radius 3 is 2.48 bits per heavy atom. The van der Waals surface area contributed by atoms with E-state index in [0.717, 1.165) is 24.8 Å². The third kappa shape index (κ3) is 3.80. The maximum absolute atomic E-state index is 12.2. The quantitative estimate of drug-likeness (QED) is 0.873. The highest BCUT2D eigenvalue weighted by molar-refractivity contribution is 5.85. The van der Waals surface area contributed by atoms with Gasteiger partial charge in [0, 0.05) is 18.8 Å². The lowest BCUT2D eigenvalue weighted by molar-refractivity contribution is -0.154. The second-order valence-electron chi connectivity index (χ2n) is 5.89. The van der Waals surface area contributed by atoms with E-state index in [0.29, 0.717) is 12.8 Å². The molecule has 1 saturated carbocycles. The van der Waals surface area contributed by atoms with Crippen molar-refractivity contribution in [3.63, 3.8) is 0 Å². The van der Waals surface area contributed by atoms with Gasteiger partial charge in [-0.05, 0) is 37.5 Å². The Kier molecular flexibility index (Phi) is 4.94. The molecular formula is C16H22N2O3. The van der Waals surface area contributed by atoms with Crippen molar-refractivity contribution < 1.29 is 14.7 Å². The predicted molar refractivity (Wildman–Crippen MR) is 78.6 cm³/mol. The Hall–Kier alpha value is -1.91. The van der Waals surface area contributed by atoms with Gasteiger partial charge in [-0.1, -0.05) is 19.3 Å². The van der Waals surface area contributed by atoms with Gasteiger partial charge in [0.05, 0.1) is 11.5 Å². The molecule has 1 aliphatic rings. The lowest BCUT2D eigenvalue weighted by atomic mass is 9.71. The average molecular weight is 290 g/mol. The van der Waals surface area contributed by atoms with Gasteiger partial charge in [-0.25, -0.2) is 0 Å². The minimum Gasteiger partial charge on any atom is -0.481 e. The van der Waals surface area contributed by atoms with E-state index in [1.165, 1.54) is 0 Å². The first-order chi connectivity index (χ1) is 10.0. The van der Waals surface area contributed by atoms with Crippen molar-refractivity contribution in [2.24, 2.45) is 5.41 Å². The van der Waals surface area contributed by atoms with Crippen LogP contribution in [0.2, 0.25) is 0 Å². The maximum atomic E-state index is 12.2. The summed E-state index contributed by atoms with van der Waals surface area (Å²) in [6.45, 7) is 1.89. The van der Waals surface area contributed by atoms with Gasteiger partial charge in [-0.15, -0.1) is 0 Å². The van der Waals surface area contributed by atoms with E-state index >= 15 is 0 Å². The standard InChI is InChI=1S/C16H22N2O3/c1-12(13-5-9-17-10-6-13)18-14(19)11-16(15(20)21)7-3-2-4-8-16/h5-6,9-10,12H,2-4,7-8,11H2,1H3,(H,18,19)(H,20,21)/t12-/m1/s1. The summed E-state index contributed by atoms with van der Waals surface area (Å²) in [6.07, 6.45) is 7.45. The molecule has 2 N–H and O–H groups in total. The minimum atomic E-state index is -0.875. The number of carboxylic acids is 1. The molecule has 2 rings (SSSR count). The SMILES string of the molecule is C[C@@H](NC(=O)CC1(C(=O)O)CCCCC1)c1ccncc1. The summed E-state index contributed by atoms with van der Waals surface area (Å²) < 4.78 is 0. The fourth-order valence-corrected chi connectivity index (χ4v) is 3.03. The fourth-order valence-electron chi connectivity index (χ4n) is 3.03. The number of aliphatic carboxylic acids is 1. The van der Waals surface area contributed by atoms with Gasteiger partial charge < -0.3 is 10.4 Å². The number of carboxylic acid groups (broad SMARTS) is 1. The molecule has 5 nitrogen and oxygen atoms in total. The molecule has 1 fully saturated rings. The van der Waals surface area contributed by atoms with Crippen LogP contribution in [0.5, 0.6) is 0 Å². The molecular weight excluding hydrogens is 268 g/mol. The second kappa shape index (κ2) is 6.70. The van der Waals surface area contributed by atoms with E-state index in [1.807, 2.05) is 19.1 Å². The summed E-state index contributed by atoms with van der Waals surface area (Å²) in [5.74, 6) is -1.03. The van der Waals surface area contributed by atoms with E-state index in [9.17, 15) is 14.7 Å². The molecule has 0 aliphatic heterocycles. The summed E-state index contributed by atoms with van der Waals surface area (Å²) in [4.78, 5) is 27.7. The van der Waals surface area contributed by atoms with Crippen LogP contribution < -0.4 is 5.32 Å². The molecule has 1 heterocycles. The van der Waals surface area contributed by atoms with Gasteiger partial charge in [-0.2, -0.15) is 0 Å². The molecule has 0 aromatic carbocycles. The predicted octanol–water partition coefficient (Wildman–Crippen LogP) is 2.68. The van der Waals surface area contributed by atoms with Crippen LogP contribution in [0.3, 0.4) is 0 Å². The normalized spacial score (nSPS) is 18.7. The van der Waals surface area contributed by atoms with Crippen LogP contribution in [-0.2, 0) is 9.59 Å². The van der Waals surface area contributed by atoms with E-state index in [2.05, 4.69) is 10.3 Å². The van der Waals surface area contributed by atoms with Crippen LogP contribution in [0, 0.1) is 5.41 Å². The number of carbonyl (C=O) groups is 2. The lowest BCUT2D eigenvalue weighted by Gasteiger charge is -2.32. The highest BCUT2D eigenvalue weighted by Gasteiger charge is 2.41. The van der Waals surface area contributed by atoms with Crippen LogP contribution in [0.15, 0.2) is 24.5 Å². The summed E-state index contributed by atoms with van der Waals surface area (Å²) in [5.41, 5.74) is 0.0895. The van der Waals surface area contributed by atoms with Crippen LogP contribution in [0.1, 0.15) is 57.1 Å². The van der Waals surface area contributed by atoms with Crippen molar-refractivity contribution in [1.82, 2.24) is 10.3 Å². The molecule has 114 valence electrons. The van der Waals surface area contributed by atoms with Crippen LogP contribution >= 0.6 is 0 Å². The van der Waals surface area contributed by atoms with Crippen molar-refractivity contribution in [2.45, 2.75) is 51.5 Å². The molecule has 1 aliphatic carbocycles. The van der Waals surface area contributed by atoms with Gasteiger partial charge in [0.2, 0.25) is 5.91 Å². The summed E-state index contributed by atoms with van der Waals surface area (Å²) in [7, 11) is 0. The smallest absolute Gasteiger partial charge is 0.310 e. The van der Waals surface area contributed by atoms with Crippen molar-refractivity contribution in [1.29, 1.82) is 0 Å². The number of nitrogens with one attached hydrogen (secondary N) is 1. The van der Waals surface area contributed by atoms with Crippen LogP contribution in [0.4, 0.5) is 0 Å². The van der Waals surface area contributed by atoms with Gasteiger partial charge in [-0.3, -0.25) is 14.6 Å². The number of hydrogen-bond donors (Lipinski definition) is 2. The van der Waals surface area contributed by atoms with Crippen molar-refractivity contribution >= 4 is 11.9 Å². The summed E-state index contributed by atoms with van der Waals surface area (Å²) in [6, 6.07) is 3.55. The summed E-state index contributed by atoms with van der Waals surface area (Å²) >= 11 is 0. The zero-order valence-electron chi connectivity index (χ0n) is 12.3. The van der Waals surface area contributed by atoms with E-state index in [1.54, 1.807) is 12.4 Å². The van der Waals surface area contributed by atoms with Gasteiger partial charge in [0.15, 0.2) is 0 Å². The second-order valence-corrected chi connectivity index (χ2v) is 5.89. The molecule has 0 bridgehead atoms. The number of rotatable bonds is 5. The molecule has 1 amide bonds. The zero-order valence-corrected chi connectivity index (χ0v) is 12.3. The Morgan fingerprint density at radius 2 is 1.90 bits per heavy atom. The molecule has 21 heavy (non-hydrogen) atoms. The number of hydrogen-bond acceptors (Lipinski definition) is 3. The Labute approximate surface area is 124 Å². The average Bonchev–Trinajstić information content (AvgIpc) is 2.48. The molecule has 0 saturated heterocycles. The first-order valence-electron chi connectivity index (χ1n) is 7.46. The molecule has 5 heteroatoms. The third-order valence-corrected chi connectivity index (χ3v) is 4.35. The molecule has 0 spiro atoms. The van der Waals surface area contributed by atoms with Crippen molar-refractivity contribution in [3.05, 3.63) is 30.1 Å². The first kappa shape index (κ1) is 15.5. The first-order valence-corrected chi connectivity index (χ1v) is 7.46. The van der Waals surface area contributed by atoms with E-state index < -0.39 is 11.4 Å². The Bertz CT molecular complexity index is 496. The largest absolute Gasteiger partial charge is 0.481 e. The molecule has 0 radical (unpaired) electrons. The topological polar surface area (TPSA) is 79.3 Å². The number of amides is 1. The zero-order chi connectivity index (χ0) is 15.3. The highest BCUT2D eigenvalue weighted by Crippen LogP contribution is 2.39. The van der Waals surface area contributed by atoms with E-state index in [-0.39, 0.29) is 18.4 Å². The molecule has 1 aromatic heterocycles. The van der Waals surface area contributed by atoms with E-state index in [4.69, 9.17) is 0 Å². The van der Waals surface area contributed by atoms with Gasteiger partial charge >= 0.3 is 5.97 Å². The fraction of sp³-hybridized carbons (Fsp3) is 0.562.